The molecule has 0 fully saturated rings. The Morgan fingerprint density at radius 2 is 2.00 bits per heavy atom. The predicted octanol–water partition coefficient (Wildman–Crippen LogP) is 4.16. The minimum atomic E-state index is -0.175. The topological polar surface area (TPSA) is 68.5 Å². The van der Waals surface area contributed by atoms with Crippen molar-refractivity contribution in [2.24, 2.45) is 0 Å². The minimum absolute atomic E-state index is 0.0402. The van der Waals surface area contributed by atoms with Crippen molar-refractivity contribution >= 4 is 33.8 Å². The largest absolute Gasteiger partial charge is 0.484 e. The average molecular weight is 427 g/mol. The van der Waals surface area contributed by atoms with Crippen LogP contribution in [0.5, 0.6) is 5.75 Å². The van der Waals surface area contributed by atoms with Crippen molar-refractivity contribution in [2.45, 2.75) is 13.3 Å². The summed E-state index contributed by atoms with van der Waals surface area (Å²) >= 11 is 7.38. The monoisotopic (exact) mass is 426 g/mol. The number of carbonyl (C=O) groups excluding carboxylic acids is 1. The smallest absolute Gasteiger partial charge is 0.257 e. The maximum atomic E-state index is 12.0. The van der Waals surface area contributed by atoms with Gasteiger partial charge in [0.1, 0.15) is 5.75 Å². The quantitative estimate of drug-likeness (QED) is 0.482. The Kier molecular flexibility index (Phi) is 5.78. The van der Waals surface area contributed by atoms with Gasteiger partial charge in [-0.25, -0.2) is 4.52 Å². The summed E-state index contributed by atoms with van der Waals surface area (Å²) in [6, 6.07) is 15.0. The second-order valence-electron chi connectivity index (χ2n) is 6.51. The van der Waals surface area contributed by atoms with Gasteiger partial charge in [0, 0.05) is 28.9 Å². The molecule has 0 aliphatic carbocycles. The number of aryl methyl sites for hydroxylation is 1. The number of thiazole rings is 1. The summed E-state index contributed by atoms with van der Waals surface area (Å²) in [5, 5.41) is 10.2. The van der Waals surface area contributed by atoms with Crippen molar-refractivity contribution in [2.75, 3.05) is 13.2 Å². The van der Waals surface area contributed by atoms with E-state index in [0.29, 0.717) is 23.7 Å². The van der Waals surface area contributed by atoms with Gasteiger partial charge >= 0.3 is 0 Å². The molecule has 0 aliphatic heterocycles. The highest BCUT2D eigenvalue weighted by atomic mass is 35.5. The fraction of sp³-hybridized carbons (Fsp3) is 0.190. The van der Waals surface area contributed by atoms with Gasteiger partial charge in [0.25, 0.3) is 5.91 Å². The van der Waals surface area contributed by atoms with Gasteiger partial charge in [-0.3, -0.25) is 4.79 Å². The molecule has 0 aliphatic rings. The molecule has 0 saturated carbocycles. The molecule has 2 heterocycles. The molecule has 0 spiro atoms. The number of ether oxygens (including phenoxy) is 1. The number of fused-ring (bicyclic) bond motifs is 1. The number of halogens is 1. The van der Waals surface area contributed by atoms with Crippen molar-refractivity contribution < 1.29 is 9.53 Å². The first-order chi connectivity index (χ1) is 14.1. The zero-order valence-electron chi connectivity index (χ0n) is 15.8. The standard InChI is InChI=1S/C21H19ClN4O2S/c1-14-4-2-3-5-18(14)20-24-21-26(25-20)16(13-29-21)10-11-23-19(27)12-28-17-8-6-15(22)7-9-17/h2-9,13H,10-12H2,1H3,(H,23,27). The summed E-state index contributed by atoms with van der Waals surface area (Å²) in [5.74, 6) is 1.15. The fourth-order valence-electron chi connectivity index (χ4n) is 2.90. The number of hydrogen-bond donors (Lipinski definition) is 1. The number of amides is 1. The van der Waals surface area contributed by atoms with E-state index in [1.54, 1.807) is 35.6 Å². The van der Waals surface area contributed by atoms with E-state index in [4.69, 9.17) is 16.3 Å². The molecule has 148 valence electrons. The molecule has 6 nitrogen and oxygen atoms in total. The van der Waals surface area contributed by atoms with Crippen LogP contribution in [0.1, 0.15) is 11.3 Å². The van der Waals surface area contributed by atoms with Crippen LogP contribution >= 0.6 is 22.9 Å². The van der Waals surface area contributed by atoms with Crippen LogP contribution in [0.4, 0.5) is 0 Å². The highest BCUT2D eigenvalue weighted by Gasteiger charge is 2.13. The van der Waals surface area contributed by atoms with Gasteiger partial charge in [0.2, 0.25) is 4.96 Å². The zero-order valence-corrected chi connectivity index (χ0v) is 17.3. The number of rotatable bonds is 7. The molecule has 2 aromatic carbocycles. The second-order valence-corrected chi connectivity index (χ2v) is 7.79. The third-order valence-electron chi connectivity index (χ3n) is 4.42. The van der Waals surface area contributed by atoms with Gasteiger partial charge in [0.05, 0.1) is 5.69 Å². The lowest BCUT2D eigenvalue weighted by Gasteiger charge is -2.07. The van der Waals surface area contributed by atoms with Crippen LogP contribution in [-0.4, -0.2) is 33.7 Å². The number of nitrogens with zero attached hydrogens (tertiary/aromatic N) is 3. The molecule has 0 bridgehead atoms. The van der Waals surface area contributed by atoms with Crippen LogP contribution in [0.3, 0.4) is 0 Å². The summed E-state index contributed by atoms with van der Waals surface area (Å²) in [4.78, 5) is 17.5. The lowest BCUT2D eigenvalue weighted by molar-refractivity contribution is -0.123. The average Bonchev–Trinajstić information content (AvgIpc) is 3.29. The molecule has 0 atom stereocenters. The van der Waals surface area contributed by atoms with Crippen LogP contribution in [0, 0.1) is 6.92 Å². The number of carbonyl (C=O) groups is 1. The van der Waals surface area contributed by atoms with Gasteiger partial charge < -0.3 is 10.1 Å². The van der Waals surface area contributed by atoms with Gasteiger partial charge in [-0.2, -0.15) is 4.98 Å². The summed E-state index contributed by atoms with van der Waals surface area (Å²) in [6.45, 7) is 2.50. The lowest BCUT2D eigenvalue weighted by atomic mass is 10.1. The van der Waals surface area contributed by atoms with E-state index in [1.165, 1.54) is 0 Å². The summed E-state index contributed by atoms with van der Waals surface area (Å²) in [5.41, 5.74) is 3.18. The first-order valence-corrected chi connectivity index (χ1v) is 10.4. The van der Waals surface area contributed by atoms with Crippen molar-refractivity contribution in [3.05, 3.63) is 70.2 Å². The third kappa shape index (κ3) is 4.58. The molecule has 0 radical (unpaired) electrons. The third-order valence-corrected chi connectivity index (χ3v) is 5.54. The SMILES string of the molecule is Cc1ccccc1-c1nc2scc(CCNC(=O)COc3ccc(Cl)cc3)n2n1. The zero-order chi connectivity index (χ0) is 20.2. The van der Waals surface area contributed by atoms with Gasteiger partial charge in [-0.1, -0.05) is 35.9 Å². The van der Waals surface area contributed by atoms with Gasteiger partial charge in [-0.05, 0) is 36.8 Å². The van der Waals surface area contributed by atoms with Crippen molar-refractivity contribution in [1.82, 2.24) is 19.9 Å². The number of nitrogens with one attached hydrogen (secondary N) is 1. The summed E-state index contributed by atoms with van der Waals surface area (Å²) in [6.07, 6.45) is 0.656. The van der Waals surface area contributed by atoms with Crippen LogP contribution < -0.4 is 10.1 Å². The highest BCUT2D eigenvalue weighted by Crippen LogP contribution is 2.23. The first kappa shape index (κ1) is 19.4. The Morgan fingerprint density at radius 3 is 2.79 bits per heavy atom. The maximum absolute atomic E-state index is 12.0. The number of hydrogen-bond acceptors (Lipinski definition) is 5. The molecule has 0 saturated heterocycles. The van der Waals surface area contributed by atoms with Crippen molar-refractivity contribution in [1.29, 1.82) is 0 Å². The molecule has 2 aromatic heterocycles. The Balaban J connectivity index is 1.33. The second kappa shape index (κ2) is 8.63. The van der Waals surface area contributed by atoms with Crippen LogP contribution in [0.25, 0.3) is 16.3 Å². The molecular weight excluding hydrogens is 408 g/mol. The molecule has 4 rings (SSSR count). The Bertz CT molecular complexity index is 1140. The molecule has 29 heavy (non-hydrogen) atoms. The molecule has 8 heteroatoms. The normalized spacial score (nSPS) is 11.0. The van der Waals surface area contributed by atoms with E-state index >= 15 is 0 Å². The van der Waals surface area contributed by atoms with E-state index in [2.05, 4.69) is 15.4 Å². The maximum Gasteiger partial charge on any atom is 0.257 e. The molecule has 4 aromatic rings. The van der Waals surface area contributed by atoms with Gasteiger partial charge in [-0.15, -0.1) is 16.4 Å². The minimum Gasteiger partial charge on any atom is -0.484 e. The Morgan fingerprint density at radius 1 is 1.21 bits per heavy atom. The van der Waals surface area contributed by atoms with Crippen molar-refractivity contribution in [3.8, 4) is 17.1 Å². The Hall–Kier alpha value is -2.90. The highest BCUT2D eigenvalue weighted by molar-refractivity contribution is 7.15. The predicted molar refractivity (Wildman–Crippen MR) is 115 cm³/mol. The van der Waals surface area contributed by atoms with Crippen LogP contribution in [0.15, 0.2) is 53.9 Å². The van der Waals surface area contributed by atoms with Crippen molar-refractivity contribution in [3.63, 3.8) is 0 Å². The molecule has 0 unspecified atom stereocenters. The van der Waals surface area contributed by atoms with E-state index in [-0.39, 0.29) is 12.5 Å². The fourth-order valence-corrected chi connectivity index (χ4v) is 3.88. The van der Waals surface area contributed by atoms with E-state index in [9.17, 15) is 4.79 Å². The number of benzene rings is 2. The molecule has 1 N–H and O–H groups in total. The summed E-state index contributed by atoms with van der Waals surface area (Å²) < 4.78 is 7.30. The lowest BCUT2D eigenvalue weighted by Crippen LogP contribution is -2.30. The molecular formula is C21H19ClN4O2S. The van der Waals surface area contributed by atoms with E-state index in [0.717, 1.165) is 27.6 Å². The summed E-state index contributed by atoms with van der Waals surface area (Å²) in [7, 11) is 0. The van der Waals surface area contributed by atoms with Crippen LogP contribution in [0.2, 0.25) is 5.02 Å². The number of aromatic nitrogens is 3. The van der Waals surface area contributed by atoms with Crippen LogP contribution in [-0.2, 0) is 11.2 Å². The van der Waals surface area contributed by atoms with E-state index in [1.807, 2.05) is 41.1 Å². The first-order valence-electron chi connectivity index (χ1n) is 9.14. The van der Waals surface area contributed by atoms with E-state index < -0.39 is 0 Å². The van der Waals surface area contributed by atoms with Gasteiger partial charge in [0.15, 0.2) is 12.4 Å². The Labute approximate surface area is 177 Å². The molecule has 1 amide bonds.